The normalized spacial score (nSPS) is 12.4. The van der Waals surface area contributed by atoms with Gasteiger partial charge in [-0.25, -0.2) is 0 Å². The second kappa shape index (κ2) is 12.1. The number of aliphatic hydroxyl groups excluding tert-OH is 1. The van der Waals surface area contributed by atoms with Gasteiger partial charge in [-0.3, -0.25) is 9.79 Å². The Labute approximate surface area is 198 Å². The summed E-state index contributed by atoms with van der Waals surface area (Å²) in [6.07, 6.45) is 1.23. The number of nitrogens with zero attached hydrogens (tertiary/aromatic N) is 2. The average molecular weight is 540 g/mol. The van der Waals surface area contributed by atoms with E-state index in [9.17, 15) is 9.90 Å². The van der Waals surface area contributed by atoms with Crippen molar-refractivity contribution >= 4 is 51.4 Å². The Hall–Kier alpha value is -1.91. The van der Waals surface area contributed by atoms with Crippen LogP contribution in [0.4, 0.5) is 0 Å². The summed E-state index contributed by atoms with van der Waals surface area (Å²) in [6, 6.07) is 15.5. The second-order valence-electron chi connectivity index (χ2n) is 6.95. The van der Waals surface area contributed by atoms with Crippen LogP contribution in [0.25, 0.3) is 10.1 Å². The predicted molar refractivity (Wildman–Crippen MR) is 136 cm³/mol. The largest absolute Gasteiger partial charge is 0.386 e. The van der Waals surface area contributed by atoms with E-state index < -0.39 is 6.10 Å². The van der Waals surface area contributed by atoms with Crippen molar-refractivity contribution in [2.75, 3.05) is 20.1 Å². The lowest BCUT2D eigenvalue weighted by Crippen LogP contribution is -2.39. The number of nitrogens with one attached hydrogen (secondary N) is 2. The van der Waals surface area contributed by atoms with Crippen LogP contribution in [0.15, 0.2) is 58.3 Å². The van der Waals surface area contributed by atoms with Crippen molar-refractivity contribution in [3.05, 3.63) is 69.5 Å². The Morgan fingerprint density at radius 1 is 1.17 bits per heavy atom. The maximum Gasteiger partial charge on any atom is 0.250 e. The lowest BCUT2D eigenvalue weighted by Gasteiger charge is -2.15. The Bertz CT molecular complexity index is 998. The quantitative estimate of drug-likeness (QED) is 0.176. The highest BCUT2D eigenvalue weighted by Gasteiger charge is 2.12. The van der Waals surface area contributed by atoms with Crippen LogP contribution < -0.4 is 16.2 Å². The minimum atomic E-state index is -0.584. The first-order valence-corrected chi connectivity index (χ1v) is 10.7. The standard InChI is InChI=1S/C22H28N4O2S.HI/c1-16-8-7-11-21(28)26(16)13-6-5-12-24-22(23-2)25-15-18(27)20-14-17-9-3-4-10-19(17)29-20;/h3-4,7-11,14,18,27H,5-6,12-13,15H2,1-2H3,(H2,23,24,25);1H. The summed E-state index contributed by atoms with van der Waals surface area (Å²) in [4.78, 5) is 17.0. The van der Waals surface area contributed by atoms with Gasteiger partial charge in [0.15, 0.2) is 5.96 Å². The highest BCUT2D eigenvalue weighted by Crippen LogP contribution is 2.29. The number of benzene rings is 1. The van der Waals surface area contributed by atoms with Gasteiger partial charge in [0.1, 0.15) is 6.10 Å². The first-order chi connectivity index (χ1) is 14.1. The van der Waals surface area contributed by atoms with Crippen molar-refractivity contribution in [3.63, 3.8) is 0 Å². The molecule has 0 aliphatic heterocycles. The van der Waals surface area contributed by atoms with E-state index >= 15 is 0 Å². The van der Waals surface area contributed by atoms with E-state index in [1.165, 1.54) is 4.70 Å². The fraction of sp³-hybridized carbons (Fsp3) is 0.364. The molecule has 1 atom stereocenters. The number of halogens is 1. The molecular weight excluding hydrogens is 511 g/mol. The zero-order valence-electron chi connectivity index (χ0n) is 17.3. The van der Waals surface area contributed by atoms with Crippen molar-refractivity contribution in [1.82, 2.24) is 15.2 Å². The fourth-order valence-electron chi connectivity index (χ4n) is 3.19. The maximum absolute atomic E-state index is 11.9. The van der Waals surface area contributed by atoms with Gasteiger partial charge in [0.05, 0.1) is 0 Å². The SMILES string of the molecule is CN=C(NCCCCn1c(C)cccc1=O)NCC(O)c1cc2ccccc2s1.I. The molecule has 0 amide bonds. The molecule has 30 heavy (non-hydrogen) atoms. The van der Waals surface area contributed by atoms with Crippen LogP contribution in [0.2, 0.25) is 0 Å². The lowest BCUT2D eigenvalue weighted by molar-refractivity contribution is 0.184. The molecule has 0 saturated carbocycles. The summed E-state index contributed by atoms with van der Waals surface area (Å²) in [5.74, 6) is 0.665. The number of rotatable bonds is 8. The summed E-state index contributed by atoms with van der Waals surface area (Å²) in [5, 5.41) is 18.1. The molecule has 0 spiro atoms. The number of aryl methyl sites for hydroxylation is 1. The minimum Gasteiger partial charge on any atom is -0.386 e. The van der Waals surface area contributed by atoms with E-state index in [1.807, 2.05) is 31.2 Å². The molecule has 162 valence electrons. The summed E-state index contributed by atoms with van der Waals surface area (Å²) in [6.45, 7) is 3.81. The molecule has 2 aromatic heterocycles. The van der Waals surface area contributed by atoms with Gasteiger partial charge in [0.2, 0.25) is 0 Å². The first-order valence-electron chi connectivity index (χ1n) is 9.86. The first kappa shape index (κ1) is 24.4. The number of fused-ring (bicyclic) bond motifs is 1. The summed E-state index contributed by atoms with van der Waals surface area (Å²) < 4.78 is 2.98. The zero-order chi connectivity index (χ0) is 20.6. The molecule has 0 fully saturated rings. The number of guanidine groups is 1. The van der Waals surface area contributed by atoms with E-state index in [4.69, 9.17) is 0 Å². The fourth-order valence-corrected chi connectivity index (χ4v) is 4.24. The van der Waals surface area contributed by atoms with E-state index in [1.54, 1.807) is 35.1 Å². The molecule has 8 heteroatoms. The zero-order valence-corrected chi connectivity index (χ0v) is 20.4. The van der Waals surface area contributed by atoms with Gasteiger partial charge in [-0.05, 0) is 43.4 Å². The van der Waals surface area contributed by atoms with Gasteiger partial charge >= 0.3 is 0 Å². The predicted octanol–water partition coefficient (Wildman–Crippen LogP) is 3.67. The summed E-state index contributed by atoms with van der Waals surface area (Å²) >= 11 is 1.61. The number of aliphatic hydroxyl groups is 1. The van der Waals surface area contributed by atoms with Crippen molar-refractivity contribution in [3.8, 4) is 0 Å². The number of unbranched alkanes of at least 4 members (excludes halogenated alkanes) is 1. The van der Waals surface area contributed by atoms with Crippen LogP contribution in [0.3, 0.4) is 0 Å². The van der Waals surface area contributed by atoms with Crippen LogP contribution in [0.5, 0.6) is 0 Å². The molecule has 0 radical (unpaired) electrons. The smallest absolute Gasteiger partial charge is 0.250 e. The molecule has 1 unspecified atom stereocenters. The molecule has 3 rings (SSSR count). The van der Waals surface area contributed by atoms with Gasteiger partial charge in [-0.2, -0.15) is 0 Å². The van der Waals surface area contributed by atoms with Gasteiger partial charge in [0.25, 0.3) is 5.56 Å². The molecule has 0 aliphatic rings. The summed E-state index contributed by atoms with van der Waals surface area (Å²) in [7, 11) is 1.72. The van der Waals surface area contributed by atoms with E-state index in [-0.39, 0.29) is 29.5 Å². The molecule has 0 aliphatic carbocycles. The number of hydrogen-bond acceptors (Lipinski definition) is 4. The molecule has 2 heterocycles. The number of aliphatic imine (C=N–C) groups is 1. The number of pyridine rings is 1. The number of hydrogen-bond donors (Lipinski definition) is 3. The highest BCUT2D eigenvalue weighted by atomic mass is 127. The van der Waals surface area contributed by atoms with Gasteiger partial charge in [-0.1, -0.05) is 24.3 Å². The van der Waals surface area contributed by atoms with Crippen molar-refractivity contribution in [2.24, 2.45) is 4.99 Å². The van der Waals surface area contributed by atoms with Gasteiger partial charge in [-0.15, -0.1) is 35.3 Å². The average Bonchev–Trinajstić information content (AvgIpc) is 3.16. The second-order valence-corrected chi connectivity index (χ2v) is 8.06. The van der Waals surface area contributed by atoms with Gasteiger partial charge in [0, 0.05) is 48.0 Å². The Morgan fingerprint density at radius 2 is 1.97 bits per heavy atom. The van der Waals surface area contributed by atoms with Crippen molar-refractivity contribution < 1.29 is 5.11 Å². The van der Waals surface area contributed by atoms with Crippen molar-refractivity contribution in [1.29, 1.82) is 0 Å². The highest BCUT2D eigenvalue weighted by molar-refractivity contribution is 14.0. The van der Waals surface area contributed by atoms with Crippen molar-refractivity contribution in [2.45, 2.75) is 32.4 Å². The third-order valence-electron chi connectivity index (χ3n) is 4.83. The molecule has 6 nitrogen and oxygen atoms in total. The van der Waals surface area contributed by atoms with Crippen LogP contribution in [-0.4, -0.2) is 35.8 Å². The lowest BCUT2D eigenvalue weighted by atomic mass is 10.2. The molecule has 1 aromatic carbocycles. The van der Waals surface area contributed by atoms with E-state index in [0.717, 1.165) is 35.3 Å². The molecular formula is C22H29IN4O2S. The molecule has 3 aromatic rings. The van der Waals surface area contributed by atoms with Crippen LogP contribution in [0, 0.1) is 6.92 Å². The summed E-state index contributed by atoms with van der Waals surface area (Å²) in [5.41, 5.74) is 1.03. The molecule has 0 bridgehead atoms. The van der Waals surface area contributed by atoms with E-state index in [0.29, 0.717) is 19.0 Å². The minimum absolute atomic E-state index is 0. The molecule has 0 saturated heterocycles. The Kier molecular flexibility index (Phi) is 9.80. The van der Waals surface area contributed by atoms with Crippen LogP contribution in [0.1, 0.15) is 29.5 Å². The number of aromatic nitrogens is 1. The Balaban J connectivity index is 0.00000320. The third-order valence-corrected chi connectivity index (χ3v) is 6.05. The number of thiophene rings is 1. The van der Waals surface area contributed by atoms with E-state index in [2.05, 4.69) is 27.8 Å². The van der Waals surface area contributed by atoms with Crippen LogP contribution >= 0.6 is 35.3 Å². The van der Waals surface area contributed by atoms with Gasteiger partial charge < -0.3 is 20.3 Å². The monoisotopic (exact) mass is 540 g/mol. The Morgan fingerprint density at radius 3 is 2.70 bits per heavy atom. The van der Waals surface area contributed by atoms with Crippen LogP contribution in [-0.2, 0) is 6.54 Å². The molecule has 3 N–H and O–H groups in total. The maximum atomic E-state index is 11.9. The topological polar surface area (TPSA) is 78.7 Å². The third kappa shape index (κ3) is 6.55.